The minimum atomic E-state index is -1.41. The van der Waals surface area contributed by atoms with Gasteiger partial charge in [0.1, 0.15) is 18.4 Å². The fourth-order valence-electron chi connectivity index (χ4n) is 10.9. The summed E-state index contributed by atoms with van der Waals surface area (Å²) in [4.78, 5) is 43.3. The van der Waals surface area contributed by atoms with Crippen molar-refractivity contribution >= 4 is 29.7 Å². The lowest BCUT2D eigenvalue weighted by Gasteiger charge is -2.59. The number of phenolic OH excluding ortho intramolecular Hbond substituents is 1. The summed E-state index contributed by atoms with van der Waals surface area (Å²) < 4.78 is 42.5. The van der Waals surface area contributed by atoms with Gasteiger partial charge in [-0.1, -0.05) is 38.7 Å². The number of nitrogens with zero attached hydrogens (tertiary/aromatic N) is 2. The van der Waals surface area contributed by atoms with E-state index in [1.165, 1.54) is 32.9 Å². The van der Waals surface area contributed by atoms with Crippen molar-refractivity contribution in [3.8, 4) is 46.3 Å². The first kappa shape index (κ1) is 43.1. The molecule has 7 aliphatic rings. The molecule has 0 amide bonds. The van der Waals surface area contributed by atoms with Crippen LogP contribution in [0.2, 0.25) is 0 Å². The molecule has 1 spiro atoms. The molecular weight excluding hydrogens is 829 g/mol. The largest absolute Gasteiger partial charge is 0.504 e. The second-order valence-electron chi connectivity index (χ2n) is 17.3. The highest BCUT2D eigenvalue weighted by atomic mass is 32.2. The smallest absolute Gasteiger partial charge is 0.331 e. The summed E-state index contributed by atoms with van der Waals surface area (Å²) in [5, 5.41) is 29.9. The molecule has 7 atom stereocenters. The number of methoxy groups -OCH3 is 2. The van der Waals surface area contributed by atoms with Crippen molar-refractivity contribution < 1.29 is 52.6 Å². The molecule has 63 heavy (non-hydrogen) atoms. The first-order valence-corrected chi connectivity index (χ1v) is 22.9. The number of fused-ring (bicyclic) bond motifs is 9. The van der Waals surface area contributed by atoms with Gasteiger partial charge in [0.15, 0.2) is 40.0 Å². The van der Waals surface area contributed by atoms with E-state index in [0.717, 1.165) is 48.8 Å². The van der Waals surface area contributed by atoms with Crippen LogP contribution in [0.4, 0.5) is 0 Å². The molecule has 4 bridgehead atoms. The Morgan fingerprint density at radius 1 is 0.984 bits per heavy atom. The number of phenols is 1. The van der Waals surface area contributed by atoms with Crippen molar-refractivity contribution in [1.29, 1.82) is 5.26 Å². The van der Waals surface area contributed by atoms with E-state index in [1.54, 1.807) is 12.1 Å². The van der Waals surface area contributed by atoms with Gasteiger partial charge >= 0.3 is 17.9 Å². The molecule has 3 aromatic rings. The second kappa shape index (κ2) is 17.1. The monoisotopic (exact) mass is 882 g/mol. The number of aryl methyl sites for hydroxylation is 1. The van der Waals surface area contributed by atoms with Gasteiger partial charge in [0.2, 0.25) is 6.79 Å². The fourth-order valence-corrected chi connectivity index (χ4v) is 12.6. The zero-order chi connectivity index (χ0) is 44.3. The predicted octanol–water partition coefficient (Wildman–Crippen LogP) is 6.21. The molecule has 15 nitrogen and oxygen atoms in total. The average molecular weight is 883 g/mol. The molecule has 3 N–H and O–H groups in total. The van der Waals surface area contributed by atoms with Crippen molar-refractivity contribution in [2.45, 2.75) is 120 Å². The maximum absolute atomic E-state index is 15.0. The quantitative estimate of drug-likeness (QED) is 0.119. The molecule has 2 fully saturated rings. The first-order valence-electron chi connectivity index (χ1n) is 21.9. The van der Waals surface area contributed by atoms with Crippen LogP contribution in [-0.4, -0.2) is 86.0 Å². The molecule has 16 heteroatoms. The summed E-state index contributed by atoms with van der Waals surface area (Å²) in [6.07, 6.45) is 6.27. The van der Waals surface area contributed by atoms with E-state index < -0.39 is 46.9 Å². The van der Waals surface area contributed by atoms with Gasteiger partial charge in [0.25, 0.3) is 0 Å². The number of carbonyl (C=O) groups excluding carboxylic acids is 3. The molecule has 334 valence electrons. The summed E-state index contributed by atoms with van der Waals surface area (Å²) in [6.45, 7) is 7.36. The number of hydrogen-bond acceptors (Lipinski definition) is 16. The number of piperazine rings is 1. The van der Waals surface area contributed by atoms with Crippen molar-refractivity contribution in [3.05, 3.63) is 62.7 Å². The maximum atomic E-state index is 15.0. The first-order chi connectivity index (χ1) is 30.5. The molecule has 0 aromatic heterocycles. The highest BCUT2D eigenvalue weighted by molar-refractivity contribution is 7.99. The normalized spacial score (nSPS) is 26.3. The van der Waals surface area contributed by atoms with Gasteiger partial charge in [-0.25, -0.2) is 4.79 Å². The number of thioether (sulfide) groups is 1. The van der Waals surface area contributed by atoms with Crippen molar-refractivity contribution in [2.24, 2.45) is 0 Å². The summed E-state index contributed by atoms with van der Waals surface area (Å²) in [6, 6.07) is 5.22. The number of nitriles is 1. The highest BCUT2D eigenvalue weighted by Crippen LogP contribution is 2.63. The Labute approximate surface area is 371 Å². The Balaban J connectivity index is 1.20. The van der Waals surface area contributed by atoms with Crippen LogP contribution in [0.3, 0.4) is 0 Å². The molecule has 7 heterocycles. The molecule has 0 aliphatic carbocycles. The summed E-state index contributed by atoms with van der Waals surface area (Å²) >= 11 is 1.47. The second-order valence-corrected chi connectivity index (χ2v) is 18.4. The maximum Gasteiger partial charge on any atom is 0.331 e. The van der Waals surface area contributed by atoms with E-state index in [1.807, 2.05) is 19.9 Å². The number of rotatable bonds is 10. The van der Waals surface area contributed by atoms with E-state index in [4.69, 9.17) is 33.2 Å². The zero-order valence-electron chi connectivity index (χ0n) is 36.5. The molecule has 0 saturated carbocycles. The Morgan fingerprint density at radius 2 is 1.78 bits per heavy atom. The van der Waals surface area contributed by atoms with Crippen molar-refractivity contribution in [1.82, 2.24) is 15.5 Å². The van der Waals surface area contributed by atoms with Gasteiger partial charge in [0, 0.05) is 60.0 Å². The Hall–Kier alpha value is -5.21. The van der Waals surface area contributed by atoms with Crippen LogP contribution in [0.15, 0.2) is 18.2 Å². The van der Waals surface area contributed by atoms with E-state index in [0.29, 0.717) is 81.7 Å². The number of benzene rings is 3. The third-order valence-electron chi connectivity index (χ3n) is 13.6. The van der Waals surface area contributed by atoms with Crippen LogP contribution >= 0.6 is 11.8 Å². The molecule has 10 rings (SSSR count). The SMILES string of the molecule is CCCCCCCC(=O)Oc1cc2c(cc1OC)[C@@]1(CS[C@@H]3c4c(OC(C)=O)c(C)c5c(c4[C@H](COC1=O)N1C3[C@@H]3N[C@@H](Cc4cc(C)c(OC)c(O)c43)[C@@H]1C#N)OCO5)NCC2. The minimum absolute atomic E-state index is 0.0185. The van der Waals surface area contributed by atoms with Crippen LogP contribution in [0, 0.1) is 25.2 Å². The number of esters is 3. The summed E-state index contributed by atoms with van der Waals surface area (Å²) in [5.41, 5.74) is 4.26. The Kier molecular flexibility index (Phi) is 11.7. The standard InChI is InChI=1S/C47H54N4O11S/c1-7-8-9-10-11-12-34(53)62-33-17-26-13-14-49-47(28(26)18-32(33)56-5)21-63-45-37-36(44-43(59-22-60-44)24(3)42(37)61-25(4)52)31(20-58-46(47)55)51-30(19-48)29-16-27-15-23(2)41(57-6)40(54)35(27)38(50-29)39(45)51/h15,17-18,29-31,38-39,45,49-50,54H,7-14,16,20-22H2,1-6H3/t29-,30-,31-,38+,39?,45+,47+/m0/s1. The lowest BCUT2D eigenvalue weighted by Crippen LogP contribution is -2.69. The Bertz CT molecular complexity index is 2420. The van der Waals surface area contributed by atoms with Crippen LogP contribution in [-0.2, 0) is 37.5 Å². The number of carbonyl (C=O) groups is 3. The average Bonchev–Trinajstić information content (AvgIpc) is 3.76. The summed E-state index contributed by atoms with van der Waals surface area (Å²) in [5.74, 6) is 0.901. The molecule has 0 radical (unpaired) electrons. The fraction of sp³-hybridized carbons (Fsp3) is 0.532. The number of hydrogen-bond donors (Lipinski definition) is 3. The van der Waals surface area contributed by atoms with Gasteiger partial charge in [0.05, 0.1) is 37.6 Å². The molecular formula is C47H54N4O11S. The predicted molar refractivity (Wildman–Crippen MR) is 231 cm³/mol. The highest BCUT2D eigenvalue weighted by Gasteiger charge is 2.60. The number of nitrogens with one attached hydrogen (secondary N) is 2. The van der Waals surface area contributed by atoms with E-state index >= 15 is 4.79 Å². The lowest BCUT2D eigenvalue weighted by atomic mass is 9.72. The lowest BCUT2D eigenvalue weighted by molar-refractivity contribution is -0.155. The van der Waals surface area contributed by atoms with E-state index in [-0.39, 0.29) is 43.3 Å². The van der Waals surface area contributed by atoms with Gasteiger partial charge < -0.3 is 43.6 Å². The Morgan fingerprint density at radius 3 is 2.52 bits per heavy atom. The molecule has 7 aliphatic heterocycles. The number of ether oxygens (including phenoxy) is 7. The topological polar surface area (TPSA) is 187 Å². The van der Waals surface area contributed by atoms with Crippen molar-refractivity contribution in [2.75, 3.05) is 39.9 Å². The number of aromatic hydroxyl groups is 1. The van der Waals surface area contributed by atoms with Crippen LogP contribution in [0.5, 0.6) is 40.2 Å². The number of unbranched alkanes of at least 4 members (excludes halogenated alkanes) is 4. The van der Waals surface area contributed by atoms with Gasteiger partial charge in [-0.05, 0) is 67.5 Å². The molecule has 3 aromatic carbocycles. The summed E-state index contributed by atoms with van der Waals surface area (Å²) in [7, 11) is 3.03. The molecule has 1 unspecified atom stereocenters. The van der Waals surface area contributed by atoms with E-state index in [2.05, 4.69) is 28.5 Å². The zero-order valence-corrected chi connectivity index (χ0v) is 37.3. The van der Waals surface area contributed by atoms with Gasteiger partial charge in [-0.3, -0.25) is 19.8 Å². The van der Waals surface area contributed by atoms with Gasteiger partial charge in [-0.15, -0.1) is 11.8 Å². The van der Waals surface area contributed by atoms with Gasteiger partial charge in [-0.2, -0.15) is 5.26 Å². The van der Waals surface area contributed by atoms with Crippen LogP contribution in [0.1, 0.15) is 114 Å². The van der Waals surface area contributed by atoms with E-state index in [9.17, 15) is 20.0 Å². The third-order valence-corrected chi connectivity index (χ3v) is 15.1. The molecule has 2 saturated heterocycles. The third kappa shape index (κ3) is 7.02. The van der Waals surface area contributed by atoms with Crippen LogP contribution in [0.25, 0.3) is 0 Å². The minimum Gasteiger partial charge on any atom is -0.504 e. The van der Waals surface area contributed by atoms with Crippen LogP contribution < -0.4 is 39.1 Å². The van der Waals surface area contributed by atoms with Crippen molar-refractivity contribution in [3.63, 3.8) is 0 Å².